The minimum Gasteiger partial charge on any atom is -0.341 e. The van der Waals surface area contributed by atoms with Crippen LogP contribution in [0.3, 0.4) is 0 Å². The normalized spacial score (nSPS) is 35.2. The van der Waals surface area contributed by atoms with Crippen LogP contribution >= 0.6 is 11.8 Å². The third-order valence-electron chi connectivity index (χ3n) is 3.71. The largest absolute Gasteiger partial charge is 0.341 e. The minimum absolute atomic E-state index is 0.190. The Bertz CT molecular complexity index is 665. The topological polar surface area (TPSA) is 73.3 Å². The van der Waals surface area contributed by atoms with E-state index >= 15 is 0 Å². The molecule has 0 aromatic carbocycles. The van der Waals surface area contributed by atoms with Gasteiger partial charge in [-0.2, -0.15) is 0 Å². The van der Waals surface area contributed by atoms with Crippen LogP contribution in [0, 0.1) is 6.92 Å². The Hall–Kier alpha value is -1.05. The zero-order valence-electron chi connectivity index (χ0n) is 11.9. The number of nitrogens with one attached hydrogen (secondary N) is 1. The number of hydrogen-bond donors (Lipinski definition) is 1. The Labute approximate surface area is 120 Å². The van der Waals surface area contributed by atoms with E-state index in [1.54, 1.807) is 29.4 Å². The van der Waals surface area contributed by atoms with E-state index in [1.165, 1.54) is 0 Å². The maximum atomic E-state index is 12.0. The molecule has 2 aliphatic rings. The third kappa shape index (κ3) is 2.04. The first kappa shape index (κ1) is 13.9. The summed E-state index contributed by atoms with van der Waals surface area (Å²) in [6.07, 6.45) is 1.38. The van der Waals surface area contributed by atoms with Crippen molar-refractivity contribution in [2.45, 2.75) is 50.6 Å². The molecule has 1 N–H and O–H groups in total. The van der Waals surface area contributed by atoms with Gasteiger partial charge >= 0.3 is 5.69 Å². The molecule has 0 spiro atoms. The van der Waals surface area contributed by atoms with Crippen LogP contribution in [-0.2, 0) is 9.47 Å². The second-order valence-electron chi connectivity index (χ2n) is 6.03. The Kier molecular flexibility index (Phi) is 2.94. The highest BCUT2D eigenvalue weighted by Gasteiger charge is 2.58. The summed E-state index contributed by atoms with van der Waals surface area (Å²) >= 11 is 1.61. The fourth-order valence-electron chi connectivity index (χ4n) is 2.89. The number of rotatable bonds is 1. The van der Waals surface area contributed by atoms with Crippen molar-refractivity contribution in [3.63, 3.8) is 0 Å². The number of thioether (sulfide) groups is 1. The molecule has 1 aromatic rings. The third-order valence-corrected chi connectivity index (χ3v) is 5.27. The van der Waals surface area contributed by atoms with Crippen molar-refractivity contribution in [3.8, 4) is 0 Å². The Morgan fingerprint density at radius 2 is 2.10 bits per heavy atom. The summed E-state index contributed by atoms with van der Waals surface area (Å²) in [5, 5.41) is -0.190. The molecule has 6 nitrogen and oxygen atoms in total. The van der Waals surface area contributed by atoms with Gasteiger partial charge in [-0.15, -0.1) is 11.8 Å². The van der Waals surface area contributed by atoms with Crippen molar-refractivity contribution < 1.29 is 9.47 Å². The van der Waals surface area contributed by atoms with Gasteiger partial charge in [-0.05, 0) is 27.7 Å². The maximum Gasteiger partial charge on any atom is 0.329 e. The Balaban J connectivity index is 2.03. The van der Waals surface area contributed by atoms with Crippen LogP contribution in [0.15, 0.2) is 15.8 Å². The monoisotopic (exact) mass is 298 g/mol. The number of aromatic amines is 1. The van der Waals surface area contributed by atoms with Gasteiger partial charge in [0, 0.05) is 17.5 Å². The first-order chi connectivity index (χ1) is 9.22. The van der Waals surface area contributed by atoms with Crippen LogP contribution in [0.1, 0.15) is 31.7 Å². The average Bonchev–Trinajstić information content (AvgIpc) is 2.72. The first-order valence-corrected chi connectivity index (χ1v) is 7.58. The summed E-state index contributed by atoms with van der Waals surface area (Å²) in [6, 6.07) is 0. The molecular weight excluding hydrogens is 280 g/mol. The summed E-state index contributed by atoms with van der Waals surface area (Å²) in [6.45, 7) is 7.44. The standard InChI is InChI=1S/C13H18N2O4S/c1-7-5-15(11(17)14-9(7)16)10-8-13(4,6-20-10)19-12(2,3)18-8/h5,8,10H,6H2,1-4H3,(H,14,16,17)/t8-,10+,13+/m0/s1. The molecule has 7 heteroatoms. The van der Waals surface area contributed by atoms with Crippen molar-refractivity contribution >= 4 is 11.8 Å². The van der Waals surface area contributed by atoms with Crippen molar-refractivity contribution in [2.75, 3.05) is 5.75 Å². The van der Waals surface area contributed by atoms with E-state index in [1.807, 2.05) is 20.8 Å². The molecule has 2 fully saturated rings. The highest BCUT2D eigenvalue weighted by atomic mass is 32.2. The number of H-pyrrole nitrogens is 1. The van der Waals surface area contributed by atoms with E-state index in [4.69, 9.17) is 9.47 Å². The maximum absolute atomic E-state index is 12.0. The number of aryl methyl sites for hydroxylation is 1. The van der Waals surface area contributed by atoms with E-state index in [9.17, 15) is 9.59 Å². The van der Waals surface area contributed by atoms with Gasteiger partial charge in [0.1, 0.15) is 17.1 Å². The molecule has 3 atom stereocenters. The molecule has 1 aromatic heterocycles. The molecule has 2 aliphatic heterocycles. The van der Waals surface area contributed by atoms with Gasteiger partial charge in [0.25, 0.3) is 5.56 Å². The number of fused-ring (bicyclic) bond motifs is 1. The first-order valence-electron chi connectivity index (χ1n) is 6.53. The molecule has 0 saturated carbocycles. The molecule has 2 saturated heterocycles. The van der Waals surface area contributed by atoms with E-state index in [-0.39, 0.29) is 17.0 Å². The van der Waals surface area contributed by atoms with Crippen molar-refractivity contribution in [1.29, 1.82) is 0 Å². The lowest BCUT2D eigenvalue weighted by molar-refractivity contribution is -0.158. The lowest BCUT2D eigenvalue weighted by Crippen LogP contribution is -2.40. The van der Waals surface area contributed by atoms with Crippen LogP contribution in [0.2, 0.25) is 0 Å². The second kappa shape index (κ2) is 4.22. The van der Waals surface area contributed by atoms with Crippen molar-refractivity contribution in [3.05, 3.63) is 32.6 Å². The summed E-state index contributed by atoms with van der Waals surface area (Å²) in [5.74, 6) is 0.0931. The molecule has 0 aliphatic carbocycles. The number of nitrogens with zero attached hydrogens (tertiary/aromatic N) is 1. The molecular formula is C13H18N2O4S. The smallest absolute Gasteiger partial charge is 0.329 e. The molecule has 3 heterocycles. The summed E-state index contributed by atoms with van der Waals surface area (Å²) in [7, 11) is 0. The SMILES string of the molecule is Cc1cn([C@@H]2SC[C@@]3(C)OC(C)(C)O[C@@H]23)c(=O)[nH]c1=O. The molecule has 110 valence electrons. The molecule has 0 radical (unpaired) electrons. The zero-order chi connectivity index (χ0) is 14.7. The van der Waals surface area contributed by atoms with Crippen LogP contribution in [0.4, 0.5) is 0 Å². The lowest BCUT2D eigenvalue weighted by atomic mass is 10.0. The second-order valence-corrected chi connectivity index (χ2v) is 7.14. The molecule has 3 rings (SSSR count). The average molecular weight is 298 g/mol. The Morgan fingerprint density at radius 3 is 2.80 bits per heavy atom. The molecule has 0 unspecified atom stereocenters. The summed E-state index contributed by atoms with van der Waals surface area (Å²) in [4.78, 5) is 25.8. The lowest BCUT2D eigenvalue weighted by Gasteiger charge is -2.23. The predicted octanol–water partition coefficient (Wildman–Crippen LogP) is 1.00. The fraction of sp³-hybridized carbons (Fsp3) is 0.692. The van der Waals surface area contributed by atoms with Crippen LogP contribution in [0.5, 0.6) is 0 Å². The summed E-state index contributed by atoms with van der Waals surface area (Å²) in [5.41, 5.74) is -0.656. The quantitative estimate of drug-likeness (QED) is 0.837. The van der Waals surface area contributed by atoms with Gasteiger partial charge in [0.15, 0.2) is 5.79 Å². The van der Waals surface area contributed by atoms with E-state index in [2.05, 4.69) is 4.98 Å². The van der Waals surface area contributed by atoms with Gasteiger partial charge < -0.3 is 9.47 Å². The molecule has 20 heavy (non-hydrogen) atoms. The Morgan fingerprint density at radius 1 is 1.40 bits per heavy atom. The van der Waals surface area contributed by atoms with Gasteiger partial charge in [-0.3, -0.25) is 14.3 Å². The number of ether oxygens (including phenoxy) is 2. The van der Waals surface area contributed by atoms with Crippen molar-refractivity contribution in [1.82, 2.24) is 9.55 Å². The zero-order valence-corrected chi connectivity index (χ0v) is 12.7. The van der Waals surface area contributed by atoms with Crippen LogP contribution < -0.4 is 11.2 Å². The summed E-state index contributed by atoms with van der Waals surface area (Å²) < 4.78 is 13.5. The fourth-order valence-corrected chi connectivity index (χ4v) is 4.45. The van der Waals surface area contributed by atoms with Crippen LogP contribution in [-0.4, -0.2) is 32.8 Å². The molecule has 0 amide bonds. The number of aromatic nitrogens is 2. The molecule has 0 bridgehead atoms. The van der Waals surface area contributed by atoms with Gasteiger partial charge in [-0.1, -0.05) is 0 Å². The number of hydrogen-bond acceptors (Lipinski definition) is 5. The van der Waals surface area contributed by atoms with Crippen molar-refractivity contribution in [2.24, 2.45) is 0 Å². The predicted molar refractivity (Wildman–Crippen MR) is 76.0 cm³/mol. The van der Waals surface area contributed by atoms with Gasteiger partial charge in [0.05, 0.1) is 0 Å². The van der Waals surface area contributed by atoms with Crippen LogP contribution in [0.25, 0.3) is 0 Å². The minimum atomic E-state index is -0.653. The van der Waals surface area contributed by atoms with E-state index < -0.39 is 17.1 Å². The highest BCUT2D eigenvalue weighted by Crippen LogP contribution is 2.52. The van der Waals surface area contributed by atoms with E-state index in [0.29, 0.717) is 5.56 Å². The van der Waals surface area contributed by atoms with E-state index in [0.717, 1.165) is 5.75 Å². The van der Waals surface area contributed by atoms with Gasteiger partial charge in [0.2, 0.25) is 0 Å². The highest BCUT2D eigenvalue weighted by molar-refractivity contribution is 7.99. The van der Waals surface area contributed by atoms with Gasteiger partial charge in [-0.25, -0.2) is 4.79 Å².